The predicted molar refractivity (Wildman–Crippen MR) is 299 cm³/mol. The van der Waals surface area contributed by atoms with Crippen molar-refractivity contribution in [2.75, 3.05) is 4.90 Å². The molecule has 1 aliphatic rings. The smallest absolute Gasteiger partial charge is 0.0714 e. The van der Waals surface area contributed by atoms with Gasteiger partial charge in [0, 0.05) is 33.5 Å². The van der Waals surface area contributed by atoms with Crippen molar-refractivity contribution >= 4 is 60.4 Å². The molecule has 14 rings (SSSR count). The number of fused-ring (bicyclic) bond motifs is 8. The summed E-state index contributed by atoms with van der Waals surface area (Å²) in [6.07, 6.45) is 0. The molecule has 0 spiro atoms. The van der Waals surface area contributed by atoms with Crippen molar-refractivity contribution in [3.05, 3.63) is 301 Å². The molecule has 2 heteroatoms. The summed E-state index contributed by atoms with van der Waals surface area (Å²) in [4.78, 5) is 2.43. The zero-order valence-corrected chi connectivity index (χ0v) is 39.0. The minimum Gasteiger partial charge on any atom is -0.310 e. The van der Waals surface area contributed by atoms with E-state index < -0.39 is 5.41 Å². The van der Waals surface area contributed by atoms with Crippen molar-refractivity contribution in [3.8, 4) is 39.1 Å². The van der Waals surface area contributed by atoms with Crippen molar-refractivity contribution in [1.82, 2.24) is 4.57 Å². The summed E-state index contributed by atoms with van der Waals surface area (Å²) < 4.78 is 2.41. The average Bonchev–Trinajstić information content (AvgIpc) is 3.94. The highest BCUT2D eigenvalue weighted by atomic mass is 15.1. The third kappa shape index (κ3) is 6.57. The average molecular weight is 903 g/mol. The van der Waals surface area contributed by atoms with E-state index in [1.54, 1.807) is 0 Å². The molecule has 2 nitrogen and oxygen atoms in total. The molecule has 332 valence electrons. The maximum atomic E-state index is 2.46. The summed E-state index contributed by atoms with van der Waals surface area (Å²) in [5, 5.41) is 7.45. The fraction of sp³-hybridized carbons (Fsp3) is 0.0145. The lowest BCUT2D eigenvalue weighted by molar-refractivity contribution is 0.768. The van der Waals surface area contributed by atoms with Crippen LogP contribution < -0.4 is 4.90 Å². The summed E-state index contributed by atoms with van der Waals surface area (Å²) in [6.45, 7) is 0. The van der Waals surface area contributed by atoms with Gasteiger partial charge in [-0.25, -0.2) is 0 Å². The summed E-state index contributed by atoms with van der Waals surface area (Å²) in [5.41, 5.74) is 18.7. The van der Waals surface area contributed by atoms with Gasteiger partial charge >= 0.3 is 0 Å². The van der Waals surface area contributed by atoms with E-state index in [4.69, 9.17) is 0 Å². The molecule has 1 aromatic heterocycles. The Morgan fingerprint density at radius 3 is 1.46 bits per heavy atom. The van der Waals surface area contributed by atoms with Crippen LogP contribution in [0.25, 0.3) is 82.4 Å². The number of hydrogen-bond donors (Lipinski definition) is 0. The maximum absolute atomic E-state index is 2.46. The Morgan fingerprint density at radius 1 is 0.282 bits per heavy atom. The third-order valence-electron chi connectivity index (χ3n) is 15.0. The highest BCUT2D eigenvalue weighted by molar-refractivity contribution is 6.11. The molecular weight excluding hydrogens is 857 g/mol. The van der Waals surface area contributed by atoms with E-state index in [9.17, 15) is 0 Å². The largest absolute Gasteiger partial charge is 0.310 e. The molecule has 0 radical (unpaired) electrons. The SMILES string of the molecule is c1ccc(C2(c3ccccc3)c3ccccc3-c3ccc(N(c4ccc(-c5ccc6ccccc6c5)cc4)c4ccc(-c5ccc6c(c5)c5ccccc5n6-c5ccc6ccccc6c5)cc4)cc32)cc1. The van der Waals surface area contributed by atoms with Gasteiger partial charge in [0.25, 0.3) is 0 Å². The molecule has 0 fully saturated rings. The molecule has 0 bridgehead atoms. The topological polar surface area (TPSA) is 8.17 Å². The number of rotatable bonds is 8. The fourth-order valence-electron chi connectivity index (χ4n) is 11.7. The summed E-state index contributed by atoms with van der Waals surface area (Å²) in [6, 6.07) is 103. The van der Waals surface area contributed by atoms with Crippen LogP contribution in [-0.4, -0.2) is 4.57 Å². The number of hydrogen-bond acceptors (Lipinski definition) is 1. The molecule has 0 saturated carbocycles. The van der Waals surface area contributed by atoms with Crippen molar-refractivity contribution < 1.29 is 0 Å². The fourth-order valence-corrected chi connectivity index (χ4v) is 11.7. The van der Waals surface area contributed by atoms with E-state index in [0.717, 1.165) is 22.7 Å². The van der Waals surface area contributed by atoms with Gasteiger partial charge in [0.1, 0.15) is 0 Å². The first-order chi connectivity index (χ1) is 35.2. The van der Waals surface area contributed by atoms with E-state index in [0.29, 0.717) is 0 Å². The first-order valence-corrected chi connectivity index (χ1v) is 24.6. The Morgan fingerprint density at radius 2 is 0.775 bits per heavy atom. The van der Waals surface area contributed by atoms with Gasteiger partial charge in [-0.2, -0.15) is 0 Å². The second kappa shape index (κ2) is 16.5. The Bertz CT molecular complexity index is 4110. The highest BCUT2D eigenvalue weighted by Crippen LogP contribution is 2.57. The van der Waals surface area contributed by atoms with Crippen molar-refractivity contribution in [2.24, 2.45) is 0 Å². The molecule has 0 amide bonds. The lowest BCUT2D eigenvalue weighted by Crippen LogP contribution is -2.28. The zero-order chi connectivity index (χ0) is 46.9. The summed E-state index contributed by atoms with van der Waals surface area (Å²) in [5.74, 6) is 0. The van der Waals surface area contributed by atoms with Crippen molar-refractivity contribution in [1.29, 1.82) is 0 Å². The van der Waals surface area contributed by atoms with Gasteiger partial charge in [0.05, 0.1) is 16.4 Å². The van der Waals surface area contributed by atoms with E-state index >= 15 is 0 Å². The van der Waals surface area contributed by atoms with Gasteiger partial charge in [-0.3, -0.25) is 0 Å². The number of benzene rings is 12. The minimum absolute atomic E-state index is 0.518. The van der Waals surface area contributed by atoms with Gasteiger partial charge in [-0.05, 0) is 150 Å². The summed E-state index contributed by atoms with van der Waals surface area (Å²) >= 11 is 0. The summed E-state index contributed by atoms with van der Waals surface area (Å²) in [7, 11) is 0. The Balaban J connectivity index is 0.910. The Kier molecular flexibility index (Phi) is 9.47. The quantitative estimate of drug-likeness (QED) is 0.147. The van der Waals surface area contributed by atoms with Gasteiger partial charge in [-0.1, -0.05) is 206 Å². The Labute approximate surface area is 413 Å². The van der Waals surface area contributed by atoms with Gasteiger partial charge in [0.2, 0.25) is 0 Å². The number of anilines is 3. The molecule has 71 heavy (non-hydrogen) atoms. The van der Waals surface area contributed by atoms with Crippen LogP contribution in [0.2, 0.25) is 0 Å². The van der Waals surface area contributed by atoms with Crippen LogP contribution in [0.5, 0.6) is 0 Å². The lowest BCUT2D eigenvalue weighted by atomic mass is 9.67. The van der Waals surface area contributed by atoms with Crippen LogP contribution in [-0.2, 0) is 5.41 Å². The third-order valence-corrected chi connectivity index (χ3v) is 15.0. The zero-order valence-electron chi connectivity index (χ0n) is 39.0. The van der Waals surface area contributed by atoms with Crippen molar-refractivity contribution in [3.63, 3.8) is 0 Å². The molecule has 13 aromatic rings. The molecular formula is C69H46N2. The molecule has 0 atom stereocenters. The molecule has 0 N–H and O–H groups in total. The number of nitrogens with zero attached hydrogens (tertiary/aromatic N) is 2. The second-order valence-electron chi connectivity index (χ2n) is 18.9. The molecule has 0 aliphatic heterocycles. The Hall–Kier alpha value is -9.24. The van der Waals surface area contributed by atoms with Gasteiger partial charge < -0.3 is 9.47 Å². The van der Waals surface area contributed by atoms with Crippen LogP contribution >= 0.6 is 0 Å². The van der Waals surface area contributed by atoms with Gasteiger partial charge in [-0.15, -0.1) is 0 Å². The van der Waals surface area contributed by atoms with Crippen LogP contribution in [0.1, 0.15) is 22.3 Å². The van der Waals surface area contributed by atoms with E-state index in [1.165, 1.54) is 99.0 Å². The normalized spacial score (nSPS) is 12.6. The molecule has 0 saturated heterocycles. The minimum atomic E-state index is -0.518. The number of para-hydroxylation sites is 1. The monoisotopic (exact) mass is 902 g/mol. The van der Waals surface area contributed by atoms with Crippen molar-refractivity contribution in [2.45, 2.75) is 5.41 Å². The maximum Gasteiger partial charge on any atom is 0.0714 e. The molecule has 1 heterocycles. The van der Waals surface area contributed by atoms with E-state index in [-0.39, 0.29) is 0 Å². The second-order valence-corrected chi connectivity index (χ2v) is 18.9. The molecule has 12 aromatic carbocycles. The number of aromatic nitrogens is 1. The molecule has 1 aliphatic carbocycles. The van der Waals surface area contributed by atoms with Crippen LogP contribution in [0.3, 0.4) is 0 Å². The molecule has 0 unspecified atom stereocenters. The first-order valence-electron chi connectivity index (χ1n) is 24.6. The predicted octanol–water partition coefficient (Wildman–Crippen LogP) is 18.3. The lowest BCUT2D eigenvalue weighted by Gasteiger charge is -2.35. The van der Waals surface area contributed by atoms with Gasteiger partial charge in [0.15, 0.2) is 0 Å². The van der Waals surface area contributed by atoms with E-state index in [2.05, 4.69) is 289 Å². The van der Waals surface area contributed by atoms with Crippen LogP contribution in [0.4, 0.5) is 17.1 Å². The standard InChI is InChI=1S/C69H46N2/c1-3-19-55(20-4-1)69(56-21-5-2-6-22-56)65-25-13-11-23-61(65)62-41-40-60(46-66(62)69)70(57-35-29-49(30-36-57)53-28-27-47-15-7-9-17-51(47)43-53)58-37-31-50(32-38-58)54-34-42-68-64(45-54)63-24-12-14-26-67(63)71(68)59-39-33-48-16-8-10-18-52(48)44-59/h1-46H. The van der Waals surface area contributed by atoms with E-state index in [1.807, 2.05) is 0 Å². The first kappa shape index (κ1) is 40.8. The van der Waals surface area contributed by atoms with Crippen LogP contribution in [0, 0.1) is 0 Å². The van der Waals surface area contributed by atoms with Crippen LogP contribution in [0.15, 0.2) is 279 Å². The highest BCUT2D eigenvalue weighted by Gasteiger charge is 2.46.